The van der Waals surface area contributed by atoms with Crippen LogP contribution < -0.4 is 14.2 Å². The lowest BCUT2D eigenvalue weighted by Crippen LogP contribution is -2.31. The van der Waals surface area contributed by atoms with E-state index in [1.54, 1.807) is 57.2 Å². The molecule has 2 aromatic heterocycles. The number of para-hydroxylation sites is 1. The summed E-state index contributed by atoms with van der Waals surface area (Å²) in [5.74, 6) is 3.81. The summed E-state index contributed by atoms with van der Waals surface area (Å²) in [7, 11) is -0.774. The zero-order valence-electron chi connectivity index (χ0n) is 20.4. The number of nitrogens with zero attached hydrogens (tertiary/aromatic N) is 5. The molecule has 0 amide bonds. The molecule has 1 fully saturated rings. The molecule has 1 saturated heterocycles. The van der Waals surface area contributed by atoms with Crippen LogP contribution in [0.25, 0.3) is 5.69 Å². The van der Waals surface area contributed by atoms with Crippen LogP contribution in [0.2, 0.25) is 0 Å². The summed E-state index contributed by atoms with van der Waals surface area (Å²) in [6.07, 6.45) is 4.29. The highest BCUT2D eigenvalue weighted by Crippen LogP contribution is 2.40. The predicted molar refractivity (Wildman–Crippen MR) is 136 cm³/mol. The molecule has 0 aliphatic carbocycles. The molecule has 3 aromatic rings. The van der Waals surface area contributed by atoms with E-state index in [1.165, 1.54) is 0 Å². The fraction of sp³-hybridized carbons (Fsp3) is 0.478. The fourth-order valence-corrected chi connectivity index (χ4v) is 6.42. The van der Waals surface area contributed by atoms with Gasteiger partial charge >= 0.3 is 0 Å². The molecule has 35 heavy (non-hydrogen) atoms. The molecular weight excluding hydrogens is 488 g/mol. The van der Waals surface area contributed by atoms with Crippen molar-refractivity contribution in [2.45, 2.75) is 44.3 Å². The van der Waals surface area contributed by atoms with Crippen molar-refractivity contribution in [3.05, 3.63) is 47.8 Å². The van der Waals surface area contributed by atoms with Gasteiger partial charge in [-0.1, -0.05) is 13.0 Å². The van der Waals surface area contributed by atoms with E-state index >= 15 is 0 Å². The van der Waals surface area contributed by atoms with E-state index < -0.39 is 21.2 Å². The molecule has 10 nitrogen and oxygen atoms in total. The number of sulfonamides is 1. The van der Waals surface area contributed by atoms with E-state index in [1.807, 2.05) is 24.8 Å². The van der Waals surface area contributed by atoms with Gasteiger partial charge in [-0.3, -0.25) is 9.29 Å². The summed E-state index contributed by atoms with van der Waals surface area (Å²) in [6.45, 7) is 5.31. The Bertz CT molecular complexity index is 1250. The summed E-state index contributed by atoms with van der Waals surface area (Å²) >= 11 is 1.83. The lowest BCUT2D eigenvalue weighted by Gasteiger charge is -2.22. The van der Waals surface area contributed by atoms with Crippen molar-refractivity contribution in [1.29, 1.82) is 0 Å². The third kappa shape index (κ3) is 5.08. The Morgan fingerprint density at radius 2 is 1.77 bits per heavy atom. The fourth-order valence-electron chi connectivity index (χ4n) is 3.97. The molecule has 1 aliphatic heterocycles. The standard InChI is InChI=1S/C23H30N6O4S2/c1-14-11-24-21(25-12-14)15(2)16(3)35(30,31)28-23-27-26-22(17-9-10-34-13-17)29(23)20-18(32-4)7-6-8-19(20)33-5/h6-8,11-12,15-17H,9-10,13H2,1-5H3,(H,27,28)/t15-,16-,17+/m0/s1. The van der Waals surface area contributed by atoms with E-state index in [0.29, 0.717) is 28.8 Å². The summed E-state index contributed by atoms with van der Waals surface area (Å²) in [4.78, 5) is 8.63. The van der Waals surface area contributed by atoms with Crippen molar-refractivity contribution >= 4 is 27.7 Å². The van der Waals surface area contributed by atoms with Gasteiger partial charge in [-0.05, 0) is 43.7 Å². The van der Waals surface area contributed by atoms with Gasteiger partial charge in [-0.15, -0.1) is 10.2 Å². The third-order valence-corrected chi connectivity index (χ3v) is 9.26. The number of hydrogen-bond donors (Lipinski definition) is 1. The number of ether oxygens (including phenoxy) is 2. The van der Waals surface area contributed by atoms with Crippen LogP contribution in [-0.4, -0.2) is 64.1 Å². The monoisotopic (exact) mass is 518 g/mol. The number of anilines is 1. The minimum atomic E-state index is -3.89. The topological polar surface area (TPSA) is 121 Å². The van der Waals surface area contributed by atoms with Crippen molar-refractivity contribution in [3.8, 4) is 17.2 Å². The minimum absolute atomic E-state index is 0.0866. The Kier molecular flexibility index (Phi) is 7.50. The second kappa shape index (κ2) is 10.4. The highest BCUT2D eigenvalue weighted by molar-refractivity contribution is 7.99. The molecule has 3 atom stereocenters. The number of aromatic nitrogens is 5. The van der Waals surface area contributed by atoms with Crippen LogP contribution in [0.4, 0.5) is 5.95 Å². The summed E-state index contributed by atoms with van der Waals surface area (Å²) in [6, 6.07) is 5.40. The first-order chi connectivity index (χ1) is 16.8. The molecule has 4 rings (SSSR count). The van der Waals surface area contributed by atoms with Gasteiger partial charge in [0.2, 0.25) is 16.0 Å². The van der Waals surface area contributed by atoms with Crippen LogP contribution in [0.15, 0.2) is 30.6 Å². The number of thioether (sulfide) groups is 1. The lowest BCUT2D eigenvalue weighted by molar-refractivity contribution is 0.390. The molecular formula is C23H30N6O4S2. The van der Waals surface area contributed by atoms with Crippen LogP contribution in [0.5, 0.6) is 11.5 Å². The van der Waals surface area contributed by atoms with E-state index in [0.717, 1.165) is 23.5 Å². The van der Waals surface area contributed by atoms with Crippen LogP contribution >= 0.6 is 11.8 Å². The molecule has 3 heterocycles. The van der Waals surface area contributed by atoms with E-state index in [-0.39, 0.29) is 11.9 Å². The largest absolute Gasteiger partial charge is 0.494 e. The molecule has 0 spiro atoms. The number of benzene rings is 1. The molecule has 1 N–H and O–H groups in total. The van der Waals surface area contributed by atoms with Crippen molar-refractivity contribution in [3.63, 3.8) is 0 Å². The molecule has 0 bridgehead atoms. The smallest absolute Gasteiger partial charge is 0.243 e. The SMILES string of the molecule is COc1cccc(OC)c1-n1c(NS(=O)(=O)[C@@H](C)[C@H](C)c2ncc(C)cn2)nnc1[C@@H]1CCSC1. The van der Waals surface area contributed by atoms with Gasteiger partial charge in [0.15, 0.2) is 0 Å². The quantitative estimate of drug-likeness (QED) is 0.453. The van der Waals surface area contributed by atoms with Gasteiger partial charge in [0.05, 0.1) is 19.5 Å². The van der Waals surface area contributed by atoms with Crippen molar-refractivity contribution < 1.29 is 17.9 Å². The summed E-state index contributed by atoms with van der Waals surface area (Å²) < 4.78 is 42.6. The normalized spacial score (nSPS) is 17.7. The lowest BCUT2D eigenvalue weighted by atomic mass is 10.1. The number of methoxy groups -OCH3 is 2. The number of aryl methyl sites for hydroxylation is 1. The average Bonchev–Trinajstić information content (AvgIpc) is 3.52. The van der Waals surface area contributed by atoms with Crippen LogP contribution in [-0.2, 0) is 10.0 Å². The maximum Gasteiger partial charge on any atom is 0.243 e. The number of nitrogens with one attached hydrogen (secondary N) is 1. The molecule has 0 unspecified atom stereocenters. The van der Waals surface area contributed by atoms with Crippen molar-refractivity contribution in [1.82, 2.24) is 24.7 Å². The summed E-state index contributed by atoms with van der Waals surface area (Å²) in [5.41, 5.74) is 1.46. The highest BCUT2D eigenvalue weighted by Gasteiger charge is 2.34. The Balaban J connectivity index is 1.76. The second-order valence-corrected chi connectivity index (χ2v) is 11.7. The molecule has 1 aliphatic rings. The van der Waals surface area contributed by atoms with Gasteiger partial charge in [0.1, 0.15) is 28.8 Å². The third-order valence-electron chi connectivity index (χ3n) is 6.24. The predicted octanol–water partition coefficient (Wildman–Crippen LogP) is 3.54. The van der Waals surface area contributed by atoms with Gasteiger partial charge in [0, 0.05) is 30.0 Å². The Morgan fingerprint density at radius 1 is 1.11 bits per heavy atom. The van der Waals surface area contributed by atoms with Gasteiger partial charge in [-0.25, -0.2) is 18.4 Å². The molecule has 0 saturated carbocycles. The minimum Gasteiger partial charge on any atom is -0.494 e. The first kappa shape index (κ1) is 25.2. The zero-order chi connectivity index (χ0) is 25.2. The van der Waals surface area contributed by atoms with Crippen molar-refractivity contribution in [2.75, 3.05) is 30.4 Å². The van der Waals surface area contributed by atoms with Gasteiger partial charge in [-0.2, -0.15) is 11.8 Å². The molecule has 0 radical (unpaired) electrons. The van der Waals surface area contributed by atoms with E-state index in [2.05, 4.69) is 24.9 Å². The molecule has 12 heteroatoms. The maximum absolute atomic E-state index is 13.5. The van der Waals surface area contributed by atoms with E-state index in [4.69, 9.17) is 9.47 Å². The Morgan fingerprint density at radius 3 is 2.34 bits per heavy atom. The number of hydrogen-bond acceptors (Lipinski definition) is 9. The van der Waals surface area contributed by atoms with Crippen LogP contribution in [0.3, 0.4) is 0 Å². The van der Waals surface area contributed by atoms with Crippen LogP contribution in [0, 0.1) is 6.92 Å². The first-order valence-corrected chi connectivity index (χ1v) is 14.0. The highest BCUT2D eigenvalue weighted by atomic mass is 32.2. The Hall–Kier alpha value is -2.86. The maximum atomic E-state index is 13.5. The second-order valence-electron chi connectivity index (χ2n) is 8.55. The van der Waals surface area contributed by atoms with Crippen LogP contribution in [0.1, 0.15) is 49.3 Å². The molecule has 188 valence electrons. The summed E-state index contributed by atoms with van der Waals surface area (Å²) in [5, 5.41) is 7.86. The first-order valence-electron chi connectivity index (χ1n) is 11.3. The Labute approximate surface area is 209 Å². The van der Waals surface area contributed by atoms with Crippen molar-refractivity contribution in [2.24, 2.45) is 0 Å². The van der Waals surface area contributed by atoms with Gasteiger partial charge in [0.25, 0.3) is 0 Å². The molecule has 1 aromatic carbocycles. The zero-order valence-corrected chi connectivity index (χ0v) is 22.1. The van der Waals surface area contributed by atoms with Gasteiger partial charge < -0.3 is 9.47 Å². The van der Waals surface area contributed by atoms with E-state index in [9.17, 15) is 8.42 Å². The number of rotatable bonds is 9. The average molecular weight is 519 g/mol.